The topological polar surface area (TPSA) is 66.5 Å². The first-order chi connectivity index (χ1) is 12.8. The summed E-state index contributed by atoms with van der Waals surface area (Å²) in [5.74, 6) is -2.24. The maximum atomic E-state index is 13.1. The van der Waals surface area contributed by atoms with Crippen LogP contribution in [0.4, 0.5) is 23.7 Å². The average Bonchev–Trinajstić information content (AvgIpc) is 3.23. The minimum absolute atomic E-state index is 0.107. The lowest BCUT2D eigenvalue weighted by Crippen LogP contribution is -2.47. The molecule has 0 aromatic heterocycles. The van der Waals surface area contributed by atoms with E-state index in [2.05, 4.69) is 0 Å². The fourth-order valence-corrected chi connectivity index (χ4v) is 2.94. The summed E-state index contributed by atoms with van der Waals surface area (Å²) in [6.07, 6.45) is -5.93. The van der Waals surface area contributed by atoms with Crippen molar-refractivity contribution in [2.24, 2.45) is 0 Å². The third-order valence-corrected chi connectivity index (χ3v) is 4.26. The number of halogens is 3. The first-order valence-corrected chi connectivity index (χ1v) is 8.39. The number of ether oxygens (including phenoxy) is 5. The molecule has 2 aliphatic heterocycles. The molecule has 7 nitrogen and oxygen atoms in total. The Morgan fingerprint density at radius 1 is 1.22 bits per heavy atom. The van der Waals surface area contributed by atoms with Gasteiger partial charge in [-0.25, -0.2) is 4.79 Å². The van der Waals surface area contributed by atoms with Crippen molar-refractivity contribution in [2.75, 3.05) is 45.0 Å². The van der Waals surface area contributed by atoms with Gasteiger partial charge in [0.15, 0.2) is 0 Å². The highest BCUT2D eigenvalue weighted by atomic mass is 19.4. The number of alkyl halides is 3. The van der Waals surface area contributed by atoms with Crippen molar-refractivity contribution in [1.82, 2.24) is 0 Å². The van der Waals surface area contributed by atoms with E-state index < -0.39 is 24.5 Å². The van der Waals surface area contributed by atoms with Crippen molar-refractivity contribution in [1.29, 1.82) is 0 Å². The number of nitrogens with zero attached hydrogens (tertiary/aromatic N) is 1. The first-order valence-electron chi connectivity index (χ1n) is 8.39. The monoisotopic (exact) mass is 391 g/mol. The highest BCUT2D eigenvalue weighted by Crippen LogP contribution is 2.40. The minimum Gasteiger partial charge on any atom is -0.493 e. The number of carbonyl (C=O) groups excluding carboxylic acids is 1. The molecule has 1 aromatic carbocycles. The van der Waals surface area contributed by atoms with Crippen molar-refractivity contribution in [3.05, 3.63) is 24.3 Å². The van der Waals surface area contributed by atoms with E-state index >= 15 is 0 Å². The molecule has 0 spiro atoms. The van der Waals surface area contributed by atoms with E-state index in [1.165, 1.54) is 12.0 Å². The van der Waals surface area contributed by atoms with Crippen LogP contribution in [0.15, 0.2) is 24.3 Å². The summed E-state index contributed by atoms with van der Waals surface area (Å²) in [6, 6.07) is 6.41. The van der Waals surface area contributed by atoms with Gasteiger partial charge in [0, 0.05) is 19.2 Å². The van der Waals surface area contributed by atoms with Crippen molar-refractivity contribution >= 4 is 11.8 Å². The van der Waals surface area contributed by atoms with Crippen LogP contribution in [0.5, 0.6) is 5.75 Å². The number of hydrogen-bond donors (Lipinski definition) is 0. The molecule has 1 atom stereocenters. The molecule has 0 bridgehead atoms. The van der Waals surface area contributed by atoms with Crippen molar-refractivity contribution < 1.29 is 41.7 Å². The molecule has 1 aromatic rings. The molecule has 10 heteroatoms. The SMILES string of the molecule is COC[C@H]1CN(c2ccc(OCCC3(C(F)(F)F)OCCO3)cc2)C(=O)O1. The van der Waals surface area contributed by atoms with Crippen LogP contribution in [0.25, 0.3) is 0 Å². The van der Waals surface area contributed by atoms with Gasteiger partial charge in [-0.05, 0) is 24.3 Å². The van der Waals surface area contributed by atoms with Crippen molar-refractivity contribution in [3.63, 3.8) is 0 Å². The lowest BCUT2D eigenvalue weighted by molar-refractivity contribution is -0.346. The van der Waals surface area contributed by atoms with E-state index in [4.69, 9.17) is 23.7 Å². The Bertz CT molecular complexity index is 645. The lowest BCUT2D eigenvalue weighted by atomic mass is 10.2. The van der Waals surface area contributed by atoms with E-state index in [1.54, 1.807) is 24.3 Å². The summed E-state index contributed by atoms with van der Waals surface area (Å²) in [5, 5.41) is 0. The Morgan fingerprint density at radius 3 is 2.48 bits per heavy atom. The summed E-state index contributed by atoms with van der Waals surface area (Å²) >= 11 is 0. The average molecular weight is 391 g/mol. The molecule has 0 aliphatic carbocycles. The highest BCUT2D eigenvalue weighted by Gasteiger charge is 2.59. The van der Waals surface area contributed by atoms with E-state index in [-0.39, 0.29) is 25.9 Å². The van der Waals surface area contributed by atoms with Gasteiger partial charge in [-0.3, -0.25) is 4.90 Å². The van der Waals surface area contributed by atoms with Crippen LogP contribution in [0, 0.1) is 0 Å². The number of methoxy groups -OCH3 is 1. The second-order valence-electron chi connectivity index (χ2n) is 6.11. The van der Waals surface area contributed by atoms with Crippen molar-refractivity contribution in [2.45, 2.75) is 24.5 Å². The van der Waals surface area contributed by atoms with Gasteiger partial charge >= 0.3 is 12.3 Å². The number of hydrogen-bond acceptors (Lipinski definition) is 6. The fourth-order valence-electron chi connectivity index (χ4n) is 2.94. The Labute approximate surface area is 153 Å². The molecule has 2 saturated heterocycles. The maximum absolute atomic E-state index is 13.1. The zero-order valence-electron chi connectivity index (χ0n) is 14.7. The van der Waals surface area contributed by atoms with Crippen LogP contribution in [0.3, 0.4) is 0 Å². The van der Waals surface area contributed by atoms with Gasteiger partial charge in [-0.2, -0.15) is 13.2 Å². The molecule has 27 heavy (non-hydrogen) atoms. The Hall–Kier alpha value is -2.04. The second-order valence-corrected chi connectivity index (χ2v) is 6.11. The standard InChI is InChI=1S/C17H20F3NO6/c1-23-11-14-10-21(15(22)27-14)12-2-4-13(5-3-12)24-7-6-16(17(18,19)20)25-8-9-26-16/h2-5,14H,6-11H2,1H3/t14-/m1/s1. The molecule has 0 radical (unpaired) electrons. The quantitative estimate of drug-likeness (QED) is 0.712. The van der Waals surface area contributed by atoms with E-state index in [0.717, 1.165) is 0 Å². The third kappa shape index (κ3) is 4.28. The van der Waals surface area contributed by atoms with Gasteiger partial charge in [0.25, 0.3) is 5.79 Å². The molecular formula is C17H20F3NO6. The predicted octanol–water partition coefficient (Wildman–Crippen LogP) is 2.73. The smallest absolute Gasteiger partial charge is 0.443 e. The van der Waals surface area contributed by atoms with Gasteiger partial charge < -0.3 is 23.7 Å². The number of carbonyl (C=O) groups is 1. The lowest BCUT2D eigenvalue weighted by Gasteiger charge is -2.29. The number of amides is 1. The molecule has 2 fully saturated rings. The van der Waals surface area contributed by atoms with Crippen LogP contribution < -0.4 is 9.64 Å². The maximum Gasteiger partial charge on any atom is 0.443 e. The molecule has 1 amide bonds. The van der Waals surface area contributed by atoms with Gasteiger partial charge in [0.05, 0.1) is 33.0 Å². The number of cyclic esters (lactones) is 1. The van der Waals surface area contributed by atoms with Crippen molar-refractivity contribution in [3.8, 4) is 5.75 Å². The van der Waals surface area contributed by atoms with E-state index in [1.807, 2.05) is 0 Å². The zero-order chi connectivity index (χ0) is 19.5. The largest absolute Gasteiger partial charge is 0.493 e. The van der Waals surface area contributed by atoms with Crippen LogP contribution in [-0.4, -0.2) is 64.2 Å². The summed E-state index contributed by atoms with van der Waals surface area (Å²) in [7, 11) is 1.52. The Balaban J connectivity index is 1.55. The van der Waals surface area contributed by atoms with Crippen LogP contribution >= 0.6 is 0 Å². The normalized spacial score (nSPS) is 22.1. The number of benzene rings is 1. The summed E-state index contributed by atoms with van der Waals surface area (Å²) in [4.78, 5) is 13.3. The molecule has 0 N–H and O–H groups in total. The molecule has 2 aliphatic rings. The Kier molecular flexibility index (Phi) is 5.78. The van der Waals surface area contributed by atoms with Gasteiger partial charge in [0.1, 0.15) is 11.9 Å². The highest BCUT2D eigenvalue weighted by molar-refractivity contribution is 5.89. The third-order valence-electron chi connectivity index (χ3n) is 4.26. The number of rotatable bonds is 7. The van der Waals surface area contributed by atoms with Gasteiger partial charge in [-0.15, -0.1) is 0 Å². The predicted molar refractivity (Wildman–Crippen MR) is 86.7 cm³/mol. The van der Waals surface area contributed by atoms with E-state index in [9.17, 15) is 18.0 Å². The van der Waals surface area contributed by atoms with Gasteiger partial charge in [0.2, 0.25) is 0 Å². The second kappa shape index (κ2) is 7.91. The summed E-state index contributed by atoms with van der Waals surface area (Å²) in [6.45, 7) is 0.207. The molecule has 2 heterocycles. The summed E-state index contributed by atoms with van der Waals surface area (Å²) in [5.41, 5.74) is 0.597. The van der Waals surface area contributed by atoms with Crippen LogP contribution in [-0.2, 0) is 18.9 Å². The zero-order valence-corrected chi connectivity index (χ0v) is 14.7. The van der Waals surface area contributed by atoms with Gasteiger partial charge in [-0.1, -0.05) is 0 Å². The summed E-state index contributed by atoms with van der Waals surface area (Å²) < 4.78 is 64.4. The van der Waals surface area contributed by atoms with E-state index in [0.29, 0.717) is 24.6 Å². The molecule has 0 saturated carbocycles. The molecular weight excluding hydrogens is 371 g/mol. The first kappa shape index (κ1) is 19.7. The molecule has 150 valence electrons. The fraction of sp³-hybridized carbons (Fsp3) is 0.588. The van der Waals surface area contributed by atoms with Crippen LogP contribution in [0.2, 0.25) is 0 Å². The van der Waals surface area contributed by atoms with Crippen LogP contribution in [0.1, 0.15) is 6.42 Å². The Morgan fingerprint density at radius 2 is 1.89 bits per heavy atom. The molecule has 0 unspecified atom stereocenters. The minimum atomic E-state index is -4.63. The number of anilines is 1. The molecule has 3 rings (SSSR count).